The molecule has 4 N–H and O–H groups in total. The molecule has 8 heteroatoms. The van der Waals surface area contributed by atoms with E-state index in [0.717, 1.165) is 6.42 Å². The summed E-state index contributed by atoms with van der Waals surface area (Å²) in [7, 11) is 0. The summed E-state index contributed by atoms with van der Waals surface area (Å²) in [6, 6.07) is -1.37. The number of likely N-dealkylation sites (tertiary alicyclic amines) is 1. The molecule has 1 heterocycles. The molecule has 1 aliphatic rings. The molecule has 0 saturated carbocycles. The van der Waals surface area contributed by atoms with Crippen molar-refractivity contribution in [1.29, 1.82) is 0 Å². The second kappa shape index (κ2) is 8.14. The number of ether oxygens (including phenoxy) is 1. The van der Waals surface area contributed by atoms with Crippen LogP contribution < -0.4 is 11.1 Å². The summed E-state index contributed by atoms with van der Waals surface area (Å²) >= 11 is 0. The van der Waals surface area contributed by atoms with Crippen LogP contribution in [0.25, 0.3) is 0 Å². The zero-order valence-corrected chi connectivity index (χ0v) is 14.0. The van der Waals surface area contributed by atoms with E-state index in [2.05, 4.69) is 5.32 Å². The predicted molar refractivity (Wildman–Crippen MR) is 83.8 cm³/mol. The molecule has 0 radical (unpaired) electrons. The van der Waals surface area contributed by atoms with Crippen LogP contribution in [0, 0.1) is 0 Å². The molecule has 0 bridgehead atoms. The lowest BCUT2D eigenvalue weighted by atomic mass is 10.1. The van der Waals surface area contributed by atoms with E-state index in [1.807, 2.05) is 0 Å². The first kappa shape index (κ1) is 19.2. The minimum absolute atomic E-state index is 0.133. The molecule has 1 fully saturated rings. The molecule has 0 unspecified atom stereocenters. The third-order valence-corrected chi connectivity index (χ3v) is 3.44. The second-order valence-electron chi connectivity index (χ2n) is 6.73. The fraction of sp³-hybridized carbons (Fsp3) is 0.800. The lowest BCUT2D eigenvalue weighted by molar-refractivity contribution is -0.142. The lowest BCUT2D eigenvalue weighted by Crippen LogP contribution is -2.44. The number of carboxylic acids is 1. The molecule has 2 atom stereocenters. The fourth-order valence-corrected chi connectivity index (χ4v) is 2.43. The van der Waals surface area contributed by atoms with Gasteiger partial charge in [0.05, 0.1) is 0 Å². The van der Waals surface area contributed by atoms with Gasteiger partial charge in [-0.25, -0.2) is 9.59 Å². The summed E-state index contributed by atoms with van der Waals surface area (Å²) in [5.41, 5.74) is 4.67. The average Bonchev–Trinajstić information content (AvgIpc) is 2.81. The van der Waals surface area contributed by atoms with E-state index >= 15 is 0 Å². The van der Waals surface area contributed by atoms with Gasteiger partial charge in [-0.3, -0.25) is 9.69 Å². The van der Waals surface area contributed by atoms with Crippen molar-refractivity contribution in [2.24, 2.45) is 5.73 Å². The van der Waals surface area contributed by atoms with Crippen molar-refractivity contribution in [1.82, 2.24) is 10.2 Å². The molecule has 1 saturated heterocycles. The number of hydrogen-bond acceptors (Lipinski definition) is 5. The Kier molecular flexibility index (Phi) is 6.80. The van der Waals surface area contributed by atoms with Crippen LogP contribution in [0.15, 0.2) is 0 Å². The molecule has 0 aromatic carbocycles. The molecule has 132 valence electrons. The molecule has 0 aromatic rings. The van der Waals surface area contributed by atoms with Gasteiger partial charge in [0.15, 0.2) is 0 Å². The van der Waals surface area contributed by atoms with Crippen molar-refractivity contribution < 1.29 is 24.2 Å². The van der Waals surface area contributed by atoms with Gasteiger partial charge in [-0.2, -0.15) is 0 Å². The topological polar surface area (TPSA) is 122 Å². The Bertz CT molecular complexity index is 447. The Morgan fingerprint density at radius 3 is 2.48 bits per heavy atom. The van der Waals surface area contributed by atoms with E-state index in [4.69, 9.17) is 10.5 Å². The van der Waals surface area contributed by atoms with Crippen molar-refractivity contribution in [2.45, 2.75) is 64.1 Å². The largest absolute Gasteiger partial charge is 0.480 e. The number of carbonyl (C=O) groups excluding carboxylic acids is 2. The molecule has 2 amide bonds. The van der Waals surface area contributed by atoms with Gasteiger partial charge in [0.2, 0.25) is 5.91 Å². The highest BCUT2D eigenvalue weighted by Gasteiger charge is 2.41. The molecular formula is C15H27N3O5. The first-order chi connectivity index (χ1) is 10.6. The summed E-state index contributed by atoms with van der Waals surface area (Å²) < 4.78 is 5.23. The number of aliphatic carboxylic acids is 1. The first-order valence-corrected chi connectivity index (χ1v) is 7.86. The Labute approximate surface area is 136 Å². The Morgan fingerprint density at radius 1 is 1.30 bits per heavy atom. The van der Waals surface area contributed by atoms with Gasteiger partial charge >= 0.3 is 12.1 Å². The number of nitrogens with zero attached hydrogens (tertiary/aromatic N) is 1. The average molecular weight is 329 g/mol. The molecule has 23 heavy (non-hydrogen) atoms. The maximum atomic E-state index is 12.1. The number of nitrogens with one attached hydrogen (secondary N) is 1. The van der Waals surface area contributed by atoms with Crippen molar-refractivity contribution in [3.63, 3.8) is 0 Å². The minimum atomic E-state index is -1.10. The highest BCUT2D eigenvalue weighted by Crippen LogP contribution is 2.21. The van der Waals surface area contributed by atoms with Crippen LogP contribution >= 0.6 is 0 Å². The number of unbranched alkanes of at least 4 members (excludes halogenated alkanes) is 1. The van der Waals surface area contributed by atoms with Gasteiger partial charge in [-0.1, -0.05) is 0 Å². The number of rotatable bonds is 6. The highest BCUT2D eigenvalue weighted by atomic mass is 16.6. The number of amides is 2. The normalized spacial score (nSPS) is 21.1. The Balaban J connectivity index is 2.61. The summed E-state index contributed by atoms with van der Waals surface area (Å²) in [5, 5.41) is 12.1. The van der Waals surface area contributed by atoms with Crippen LogP contribution in [-0.2, 0) is 14.3 Å². The number of hydrogen-bond donors (Lipinski definition) is 3. The molecule has 8 nitrogen and oxygen atoms in total. The Hall–Kier alpha value is -1.83. The van der Waals surface area contributed by atoms with Crippen LogP contribution in [0.1, 0.15) is 46.5 Å². The van der Waals surface area contributed by atoms with Gasteiger partial charge in [-0.15, -0.1) is 0 Å². The Morgan fingerprint density at radius 2 is 1.96 bits per heavy atom. The predicted octanol–water partition coefficient (Wildman–Crippen LogP) is 0.694. The first-order valence-electron chi connectivity index (χ1n) is 7.86. The molecule has 0 spiro atoms. The molecular weight excluding hydrogens is 302 g/mol. The molecule has 1 rings (SSSR count). The second-order valence-corrected chi connectivity index (χ2v) is 6.73. The van der Waals surface area contributed by atoms with E-state index in [1.54, 1.807) is 20.8 Å². The number of carboxylic acid groups (broad SMARTS) is 1. The van der Waals surface area contributed by atoms with E-state index in [-0.39, 0.29) is 24.9 Å². The smallest absolute Gasteiger partial charge is 0.411 e. The third kappa shape index (κ3) is 6.43. The number of nitrogens with two attached hydrogens (primary N) is 1. The van der Waals surface area contributed by atoms with Crippen molar-refractivity contribution in [3.05, 3.63) is 0 Å². The highest BCUT2D eigenvalue weighted by molar-refractivity contribution is 5.82. The maximum absolute atomic E-state index is 12.1. The quantitative estimate of drug-likeness (QED) is 0.616. The van der Waals surface area contributed by atoms with E-state index in [9.17, 15) is 19.5 Å². The summed E-state index contributed by atoms with van der Waals surface area (Å²) in [5.74, 6) is -1.26. The zero-order chi connectivity index (χ0) is 17.6. The molecule has 0 aromatic heterocycles. The van der Waals surface area contributed by atoms with Crippen molar-refractivity contribution in [2.75, 3.05) is 13.1 Å². The molecule has 0 aliphatic carbocycles. The van der Waals surface area contributed by atoms with Gasteiger partial charge < -0.3 is 20.9 Å². The van der Waals surface area contributed by atoms with Crippen LogP contribution in [0.2, 0.25) is 0 Å². The molecule has 1 aliphatic heterocycles. The van der Waals surface area contributed by atoms with Gasteiger partial charge in [-0.05, 0) is 40.2 Å². The lowest BCUT2D eigenvalue weighted by Gasteiger charge is -2.26. The van der Waals surface area contributed by atoms with Gasteiger partial charge in [0, 0.05) is 25.4 Å². The van der Waals surface area contributed by atoms with Crippen LogP contribution in [0.5, 0.6) is 0 Å². The summed E-state index contributed by atoms with van der Waals surface area (Å²) in [4.78, 5) is 36.5. The maximum Gasteiger partial charge on any atom is 0.411 e. The van der Waals surface area contributed by atoms with Crippen molar-refractivity contribution >= 4 is 18.0 Å². The SMILES string of the molecule is CC(C)(C)OC(=O)N1C[C@H](NC(=O)CCCCN)C[C@H]1C(=O)O. The van der Waals surface area contributed by atoms with Gasteiger partial charge in [0.1, 0.15) is 11.6 Å². The number of carbonyl (C=O) groups is 3. The van der Waals surface area contributed by atoms with Crippen molar-refractivity contribution in [3.8, 4) is 0 Å². The van der Waals surface area contributed by atoms with E-state index in [1.165, 1.54) is 4.90 Å². The standard InChI is InChI=1S/C15H27N3O5/c1-15(2,3)23-14(22)18-9-10(8-11(18)13(20)21)17-12(19)6-4-5-7-16/h10-11H,4-9,16H2,1-3H3,(H,17,19)(H,20,21)/t10-,11+/m1/s1. The van der Waals surface area contributed by atoms with Crippen LogP contribution in [0.4, 0.5) is 4.79 Å². The van der Waals surface area contributed by atoms with E-state index in [0.29, 0.717) is 19.4 Å². The van der Waals surface area contributed by atoms with E-state index < -0.39 is 23.7 Å². The monoisotopic (exact) mass is 329 g/mol. The zero-order valence-electron chi connectivity index (χ0n) is 14.0. The van der Waals surface area contributed by atoms with Crippen LogP contribution in [-0.4, -0.2) is 58.8 Å². The minimum Gasteiger partial charge on any atom is -0.480 e. The third-order valence-electron chi connectivity index (χ3n) is 3.44. The summed E-state index contributed by atoms with van der Waals surface area (Å²) in [6.45, 7) is 5.81. The van der Waals surface area contributed by atoms with Crippen LogP contribution in [0.3, 0.4) is 0 Å². The van der Waals surface area contributed by atoms with Gasteiger partial charge in [0.25, 0.3) is 0 Å². The fourth-order valence-electron chi connectivity index (χ4n) is 2.43. The summed E-state index contributed by atoms with van der Waals surface area (Å²) in [6.07, 6.45) is 1.30.